The van der Waals surface area contributed by atoms with Gasteiger partial charge in [-0.1, -0.05) is 42.0 Å². The number of hydrogen-bond donors (Lipinski definition) is 11. The summed E-state index contributed by atoms with van der Waals surface area (Å²) in [6.07, 6.45) is 6.78. The fraction of sp³-hybridized carbons (Fsp3) is 0.418. The van der Waals surface area contributed by atoms with E-state index in [0.29, 0.717) is 166 Å². The molecule has 5 aromatic carbocycles. The molecule has 12 aromatic rings. The van der Waals surface area contributed by atoms with Gasteiger partial charge < -0.3 is 96.4 Å². The molecule has 0 unspecified atom stereocenters. The largest absolute Gasteiger partial charge is 0.493 e. The zero-order valence-electron chi connectivity index (χ0n) is 66.9. The number of carbonyl (C=O) groups excluding carboxylic acids is 1. The number of nitrogens with one attached hydrogen (secondary N) is 3. The summed E-state index contributed by atoms with van der Waals surface area (Å²) in [7, 11) is 3.06. The highest BCUT2D eigenvalue weighted by Gasteiger charge is 2.25. The number of benzene rings is 5. The maximum Gasteiger partial charge on any atom is 0.311 e. The summed E-state index contributed by atoms with van der Waals surface area (Å²) in [5.74, 6) is 4.99. The topological polar surface area (TPSA) is 516 Å². The third-order valence-corrected chi connectivity index (χ3v) is 18.0. The van der Waals surface area contributed by atoms with E-state index < -0.39 is 36.4 Å². The highest BCUT2D eigenvalue weighted by Crippen LogP contribution is 2.38. The number of nitro groups is 1. The van der Waals surface area contributed by atoms with Crippen LogP contribution in [0.4, 0.5) is 17.2 Å². The molecular weight excluding hydrogens is 1550 g/mol. The van der Waals surface area contributed by atoms with E-state index in [1.165, 1.54) is 19.2 Å². The number of pyridine rings is 4. The van der Waals surface area contributed by atoms with Gasteiger partial charge in [0.25, 0.3) is 14.6 Å². The van der Waals surface area contributed by atoms with E-state index in [-0.39, 0.29) is 39.7 Å². The predicted molar refractivity (Wildman–Crippen MR) is 443 cm³/mol. The van der Waals surface area contributed by atoms with E-state index in [1.807, 2.05) is 76.2 Å². The van der Waals surface area contributed by atoms with Crippen LogP contribution in [0.2, 0.25) is 0 Å². The van der Waals surface area contributed by atoms with Gasteiger partial charge in [-0.15, -0.1) is 0 Å². The van der Waals surface area contributed by atoms with Crippen molar-refractivity contribution in [2.75, 3.05) is 71.4 Å². The van der Waals surface area contributed by atoms with Crippen LogP contribution < -0.4 is 41.3 Å². The van der Waals surface area contributed by atoms with Crippen LogP contribution in [0.15, 0.2) is 121 Å². The molecule has 7 heterocycles. The zero-order chi connectivity index (χ0) is 83.0. The number of imidazole rings is 3. The molecule has 0 spiro atoms. The van der Waals surface area contributed by atoms with Crippen LogP contribution in [0, 0.1) is 17.0 Å². The molecule has 0 aliphatic carbocycles. The molecule has 33 nitrogen and oxygen atoms in total. The number of nitrogens with zero attached hydrogens (tertiary/aromatic N) is 8. The molecule has 0 fully saturated rings. The van der Waals surface area contributed by atoms with Gasteiger partial charge in [-0.2, -0.15) is 0 Å². The Bertz CT molecular complexity index is 5260. The summed E-state index contributed by atoms with van der Waals surface area (Å²) < 4.78 is 66.6. The fourth-order valence-electron chi connectivity index (χ4n) is 10.6. The van der Waals surface area contributed by atoms with Crippen LogP contribution in [0.5, 0.6) is 23.0 Å². The van der Waals surface area contributed by atoms with Crippen LogP contribution in [-0.4, -0.2) is 177 Å². The quantitative estimate of drug-likeness (QED) is 0.00655. The summed E-state index contributed by atoms with van der Waals surface area (Å²) in [6.45, 7) is 26.5. The third-order valence-electron chi connectivity index (χ3n) is 16.5. The molecule has 12 rings (SSSR count). The number of fused-ring (bicyclic) bond motifs is 10. The van der Waals surface area contributed by atoms with Crippen LogP contribution in [-0.2, 0) is 52.6 Å². The highest BCUT2D eigenvalue weighted by atomic mass is 35.7. The van der Waals surface area contributed by atoms with Crippen molar-refractivity contribution in [2.24, 2.45) is 0 Å². The van der Waals surface area contributed by atoms with E-state index in [1.54, 1.807) is 104 Å². The minimum atomic E-state index is -3.55. The van der Waals surface area contributed by atoms with E-state index in [0.717, 1.165) is 71.8 Å². The third kappa shape index (κ3) is 29.3. The number of aromatic amines is 3. The van der Waals surface area contributed by atoms with E-state index in [9.17, 15) is 49.0 Å². The molecule has 36 heteroatoms. The molecule has 0 atom stereocenters. The van der Waals surface area contributed by atoms with E-state index >= 15 is 0 Å². The Balaban J connectivity index is 0.000000254. The monoisotopic (exact) mass is 1660 g/mol. The Morgan fingerprint density at radius 2 is 0.965 bits per heavy atom. The normalized spacial score (nSPS) is 11.6. The Morgan fingerprint density at radius 3 is 1.40 bits per heavy atom. The molecule has 0 saturated carbocycles. The molecule has 0 amide bonds. The smallest absolute Gasteiger partial charge is 0.311 e. The lowest BCUT2D eigenvalue weighted by atomic mass is 10.1. The van der Waals surface area contributed by atoms with Gasteiger partial charge in [-0.25, -0.2) is 33.3 Å². The number of hydrogen-bond acceptors (Lipinski definition) is 27. The van der Waals surface area contributed by atoms with Crippen LogP contribution in [0.3, 0.4) is 0 Å². The Kier molecular flexibility index (Phi) is 36.2. The number of aromatic nitrogens is 10. The van der Waals surface area contributed by atoms with Gasteiger partial charge in [0.1, 0.15) is 111 Å². The van der Waals surface area contributed by atoms with Crippen LogP contribution >= 0.6 is 22.3 Å². The van der Waals surface area contributed by atoms with Crippen LogP contribution in [0.25, 0.3) is 76.7 Å². The molecule has 626 valence electrons. The fourth-order valence-corrected chi connectivity index (χ4v) is 11.4. The second kappa shape index (κ2) is 43.6. The lowest BCUT2D eigenvalue weighted by Crippen LogP contribution is -2.30. The van der Waals surface area contributed by atoms with Gasteiger partial charge in [0, 0.05) is 80.5 Å². The molecular formula is C79H107Cl2N14O19S+. The molecule has 0 radical (unpaired) electrons. The first-order valence-electron chi connectivity index (χ1n) is 36.3. The first kappa shape index (κ1) is 95.5. The molecule has 0 aliphatic heterocycles. The number of nitrogens with two attached hydrogens (primary N) is 2. The average molecular weight is 1660 g/mol. The SMILES string of the molecule is CC(C)(O)CCOc1cccc2ncc([N+](=O)[O-])c(N)c12.CCOCc1nc2c([nH]1)c(N)nc1cccc(OCCC(C)(C)O)c12.CCOCc1nc2c(c[n+](O)c3cccc(OCCC(C)(C)O)c23)[nH]1.CCOCc1nc2c(cnc3cccc(OCCC(C)(C)O)c32)[nH]1.COCCC(=O)Cl.Cc1ccc(S(=O)(=O)Cl)cc1.N.O. The minimum absolute atomic E-state index is 0. The lowest BCUT2D eigenvalue weighted by molar-refractivity contribution is -0.883. The Labute approximate surface area is 675 Å². The standard InChI is InChI=1S/C18H24N4O3.C18H23N3O4.C18H23N3O3.C14H17N3O4.C7H7ClO2S.C4H7ClO2.H3N.H2O/c1-4-24-10-13-21-15-14-11(20-17(19)16(15)22-13)6-5-7-12(14)25-9-8-18(2,3)23;1-4-24-11-15-19-12-10-21(23)13-6-5-7-14(16(13)17(12)20-15)25-9-8-18(2,3)22;1-4-23-11-15-20-13-10-19-12-6-5-7-14(16(12)17(13)21-15)24-9-8-18(2,3)22;1-14(2,18)6-7-21-11-5-3-4-9-12(11)13(15)10(8-16-9)17(19)20;1-6-2-4-7(5-3-6)11(8,9)10;1-7-3-2-4(5)6;;/h5-7,23H,4,8-10H2,1-3H3,(H2,19,20)(H,21,22);5-7,10,22-23H,4,8-9,11H2,1-3H3;5-7,10,22H,4,8-9,11H2,1-3H3,(H,20,21);3-5,8,18H,6-7H2,1-2H3,(H2,15,16);2-5H,1H3;2-3H2,1H3;1H3;1H2/p+1. The Morgan fingerprint density at radius 1 is 0.565 bits per heavy atom. The number of nitrogen functional groups attached to an aromatic ring is 2. The van der Waals surface area contributed by atoms with Crippen LogP contribution in [0.1, 0.15) is 131 Å². The molecule has 115 heavy (non-hydrogen) atoms. The summed E-state index contributed by atoms with van der Waals surface area (Å²) in [6, 6.07) is 28.3. The number of halogens is 2. The van der Waals surface area contributed by atoms with Gasteiger partial charge in [0.05, 0.1) is 110 Å². The lowest BCUT2D eigenvalue weighted by Gasteiger charge is -2.17. The summed E-state index contributed by atoms with van der Waals surface area (Å²) >= 11 is 4.94. The molecule has 17 N–H and O–H groups in total. The van der Waals surface area contributed by atoms with Crippen molar-refractivity contribution >= 4 is 130 Å². The number of aliphatic hydroxyl groups is 4. The van der Waals surface area contributed by atoms with Gasteiger partial charge in [-0.05, 0) is 149 Å². The first-order valence-corrected chi connectivity index (χ1v) is 39.0. The molecule has 0 bridgehead atoms. The molecule has 0 saturated heterocycles. The number of carbonyl (C=O) groups is 1. The van der Waals surface area contributed by atoms with Crippen molar-refractivity contribution in [3.63, 3.8) is 0 Å². The van der Waals surface area contributed by atoms with Gasteiger partial charge >= 0.3 is 5.69 Å². The summed E-state index contributed by atoms with van der Waals surface area (Å²) in [5, 5.41) is 62.9. The highest BCUT2D eigenvalue weighted by molar-refractivity contribution is 8.13. The van der Waals surface area contributed by atoms with Crippen molar-refractivity contribution in [1.82, 2.24) is 51.0 Å². The summed E-state index contributed by atoms with van der Waals surface area (Å²) in [5.41, 5.74) is 16.7. The van der Waals surface area contributed by atoms with Gasteiger partial charge in [-0.3, -0.25) is 25.1 Å². The number of methoxy groups -OCH3 is 1. The number of aryl methyl sites for hydroxylation is 1. The average Bonchev–Trinajstić information content (AvgIpc) is 1.69. The Hall–Kier alpha value is -10.1. The van der Waals surface area contributed by atoms with Gasteiger partial charge in [0.15, 0.2) is 0 Å². The predicted octanol–water partition coefficient (Wildman–Crippen LogP) is 12.6. The molecule has 0 aliphatic rings. The minimum Gasteiger partial charge on any atom is -0.493 e. The first-order chi connectivity index (χ1) is 53.3. The number of anilines is 2. The number of rotatable bonds is 30. The van der Waals surface area contributed by atoms with Crippen molar-refractivity contribution in [2.45, 2.75) is 162 Å². The second-order valence-electron chi connectivity index (χ2n) is 28.3. The number of H-pyrrole nitrogens is 3. The van der Waals surface area contributed by atoms with Crippen molar-refractivity contribution in [3.05, 3.63) is 149 Å². The van der Waals surface area contributed by atoms with Crippen molar-refractivity contribution in [3.8, 4) is 23.0 Å². The summed E-state index contributed by atoms with van der Waals surface area (Å²) in [4.78, 5) is 56.8. The zero-order valence-corrected chi connectivity index (χ0v) is 69.3. The maximum absolute atomic E-state index is 10.9. The second-order valence-corrected chi connectivity index (χ2v) is 31.3. The maximum atomic E-state index is 10.9. The van der Waals surface area contributed by atoms with Crippen molar-refractivity contribution < 1.29 is 91.9 Å². The number of ether oxygens (including phenoxy) is 8. The molecule has 7 aromatic heterocycles. The van der Waals surface area contributed by atoms with E-state index in [4.69, 9.17) is 66.9 Å². The van der Waals surface area contributed by atoms with Gasteiger partial charge in [0.2, 0.25) is 11.4 Å². The van der Waals surface area contributed by atoms with Crippen molar-refractivity contribution in [1.29, 1.82) is 0 Å². The van der Waals surface area contributed by atoms with E-state index in [2.05, 4.69) is 49.6 Å².